The van der Waals surface area contributed by atoms with E-state index in [0.29, 0.717) is 11.1 Å². The van der Waals surface area contributed by atoms with Crippen LogP contribution in [0, 0.1) is 6.92 Å². The summed E-state index contributed by atoms with van der Waals surface area (Å²) in [6, 6.07) is 24.2. The second-order valence-electron chi connectivity index (χ2n) is 6.27. The zero-order valence-corrected chi connectivity index (χ0v) is 15.1. The highest BCUT2D eigenvalue weighted by atomic mass is 32.2. The van der Waals surface area contributed by atoms with Gasteiger partial charge in [-0.15, -0.1) is 0 Å². The third-order valence-corrected chi connectivity index (χ3v) is 6.12. The van der Waals surface area contributed by atoms with Crippen LogP contribution in [0.2, 0.25) is 0 Å². The van der Waals surface area contributed by atoms with Gasteiger partial charge in [0, 0.05) is 18.2 Å². The van der Waals surface area contributed by atoms with Crippen LogP contribution in [0.25, 0.3) is 12.2 Å². The Bertz CT molecular complexity index is 1220. The third kappa shape index (κ3) is 2.89. The lowest BCUT2D eigenvalue weighted by molar-refractivity contribution is 0.581. The fourth-order valence-electron chi connectivity index (χ4n) is 3.06. The number of nitrogens with zero attached hydrogens (tertiary/aromatic N) is 1. The standard InChI is InChI=1S/C22H18NO2S/c1-17-11-13-21(14-12-17)26(24,25)23-20(15-18-7-3-2-4-8-18)16-19-9-5-6-10-22(19)23/h2-16H,1H3/q+1/b20-15+. The summed E-state index contributed by atoms with van der Waals surface area (Å²) in [7, 11) is -3.70. The van der Waals surface area contributed by atoms with Gasteiger partial charge in [0.15, 0.2) is 0 Å². The number of sulfonamides is 1. The lowest BCUT2D eigenvalue weighted by Gasteiger charge is -2.03. The molecule has 1 aliphatic rings. The average Bonchev–Trinajstić information content (AvgIpc) is 3.01. The van der Waals surface area contributed by atoms with Crippen LogP contribution in [-0.4, -0.2) is 8.42 Å². The summed E-state index contributed by atoms with van der Waals surface area (Å²) >= 11 is 0. The first kappa shape index (κ1) is 16.5. The Morgan fingerprint density at radius 3 is 2.19 bits per heavy atom. The summed E-state index contributed by atoms with van der Waals surface area (Å²) in [4.78, 5) is 0.284. The minimum Gasteiger partial charge on any atom is -0.158 e. The molecule has 4 rings (SSSR count). The zero-order valence-electron chi connectivity index (χ0n) is 14.3. The van der Waals surface area contributed by atoms with Gasteiger partial charge in [-0.2, -0.15) is 8.42 Å². The summed E-state index contributed by atoms with van der Waals surface area (Å²) in [6.45, 7) is 1.94. The summed E-state index contributed by atoms with van der Waals surface area (Å²) in [5.41, 5.74) is 2.62. The van der Waals surface area contributed by atoms with E-state index in [1.54, 1.807) is 12.1 Å². The second-order valence-corrected chi connectivity index (χ2v) is 8.05. The molecule has 0 spiro atoms. The molecule has 3 aromatic rings. The molecule has 1 aliphatic heterocycles. The highest BCUT2D eigenvalue weighted by Crippen LogP contribution is 2.18. The predicted octanol–water partition coefficient (Wildman–Crippen LogP) is 2.71. The van der Waals surface area contributed by atoms with Crippen LogP contribution >= 0.6 is 0 Å². The maximum Gasteiger partial charge on any atom is 0.400 e. The minimum atomic E-state index is -3.70. The Morgan fingerprint density at radius 1 is 0.808 bits per heavy atom. The molecular weight excluding hydrogens is 342 g/mol. The number of aryl methyl sites for hydroxylation is 1. The van der Waals surface area contributed by atoms with Gasteiger partial charge in [0.1, 0.15) is 4.90 Å². The van der Waals surface area contributed by atoms with Crippen molar-refractivity contribution >= 4 is 22.2 Å². The molecule has 128 valence electrons. The Kier molecular flexibility index (Phi) is 4.05. The third-order valence-electron chi connectivity index (χ3n) is 4.37. The average molecular weight is 360 g/mol. The number of hydrogen-bond donors (Lipinski definition) is 0. The van der Waals surface area contributed by atoms with E-state index in [-0.39, 0.29) is 4.90 Å². The molecule has 4 heteroatoms. The first-order chi connectivity index (χ1) is 12.6. The van der Waals surface area contributed by atoms with Crippen LogP contribution in [0.4, 0.5) is 0 Å². The van der Waals surface area contributed by atoms with Gasteiger partial charge >= 0.3 is 10.0 Å². The molecule has 0 bridgehead atoms. The van der Waals surface area contributed by atoms with Gasteiger partial charge in [-0.3, -0.25) is 0 Å². The molecule has 0 atom stereocenters. The molecule has 0 saturated carbocycles. The summed E-state index contributed by atoms with van der Waals surface area (Å²) in [5.74, 6) is 0. The predicted molar refractivity (Wildman–Crippen MR) is 104 cm³/mol. The molecule has 3 aromatic carbocycles. The van der Waals surface area contributed by atoms with Crippen molar-refractivity contribution in [2.24, 2.45) is 0 Å². The van der Waals surface area contributed by atoms with Crippen LogP contribution in [0.1, 0.15) is 11.1 Å². The monoisotopic (exact) mass is 360 g/mol. The molecule has 0 unspecified atom stereocenters. The van der Waals surface area contributed by atoms with Crippen LogP contribution < -0.4 is 14.6 Å². The molecule has 3 nitrogen and oxygen atoms in total. The Hall–Kier alpha value is -2.98. The van der Waals surface area contributed by atoms with Crippen LogP contribution in [-0.2, 0) is 10.0 Å². The van der Waals surface area contributed by atoms with Crippen LogP contribution in [0.5, 0.6) is 0 Å². The van der Waals surface area contributed by atoms with E-state index in [9.17, 15) is 8.42 Å². The van der Waals surface area contributed by atoms with Crippen molar-refractivity contribution < 1.29 is 8.42 Å². The van der Waals surface area contributed by atoms with Gasteiger partial charge in [0.05, 0.1) is 5.22 Å². The van der Waals surface area contributed by atoms with E-state index in [2.05, 4.69) is 0 Å². The number of para-hydroxylation sites is 1. The quantitative estimate of drug-likeness (QED) is 0.674. The van der Waals surface area contributed by atoms with Crippen molar-refractivity contribution in [3.05, 3.63) is 106 Å². The zero-order chi connectivity index (χ0) is 18.1. The number of fused-ring (bicyclic) bond motifs is 1. The van der Waals surface area contributed by atoms with Gasteiger partial charge in [-0.05, 0) is 30.7 Å². The van der Waals surface area contributed by atoms with E-state index in [1.165, 1.54) is 3.98 Å². The van der Waals surface area contributed by atoms with Crippen LogP contribution in [0.15, 0.2) is 89.5 Å². The largest absolute Gasteiger partial charge is 0.400 e. The molecule has 0 saturated heterocycles. The maximum atomic E-state index is 13.4. The molecule has 26 heavy (non-hydrogen) atoms. The van der Waals surface area contributed by atoms with Gasteiger partial charge in [0.2, 0.25) is 11.1 Å². The fourth-order valence-corrected chi connectivity index (χ4v) is 4.55. The Morgan fingerprint density at radius 2 is 1.46 bits per heavy atom. The van der Waals surface area contributed by atoms with Crippen molar-refractivity contribution in [2.45, 2.75) is 11.8 Å². The van der Waals surface area contributed by atoms with Crippen molar-refractivity contribution in [1.29, 1.82) is 0 Å². The first-order valence-electron chi connectivity index (χ1n) is 8.38. The fraction of sp³-hybridized carbons (Fsp3) is 0.0455. The topological polar surface area (TPSA) is 37.1 Å². The number of rotatable bonds is 3. The van der Waals surface area contributed by atoms with E-state index >= 15 is 0 Å². The molecule has 0 fully saturated rings. The van der Waals surface area contributed by atoms with E-state index in [1.807, 2.05) is 85.8 Å². The SMILES string of the molecule is Cc1ccc(S(=O)(=O)[N+]2=c3ccccc3=C/C2=C\c2ccccc2)cc1. The van der Waals surface area contributed by atoms with Crippen molar-refractivity contribution in [2.75, 3.05) is 0 Å². The van der Waals surface area contributed by atoms with Crippen molar-refractivity contribution in [1.82, 2.24) is 3.98 Å². The Labute approximate surface area is 152 Å². The molecule has 0 aromatic heterocycles. The second kappa shape index (κ2) is 6.39. The summed E-state index contributed by atoms with van der Waals surface area (Å²) in [6.07, 6.45) is 3.81. The van der Waals surface area contributed by atoms with Crippen molar-refractivity contribution in [3.63, 3.8) is 0 Å². The lowest BCUT2D eigenvalue weighted by atomic mass is 10.2. The molecule has 1 heterocycles. The molecule has 0 amide bonds. The van der Waals surface area contributed by atoms with Crippen LogP contribution in [0.3, 0.4) is 0 Å². The highest BCUT2D eigenvalue weighted by molar-refractivity contribution is 7.90. The van der Waals surface area contributed by atoms with Gasteiger partial charge < -0.3 is 0 Å². The Balaban J connectivity index is 1.98. The van der Waals surface area contributed by atoms with E-state index in [4.69, 9.17) is 0 Å². The summed E-state index contributed by atoms with van der Waals surface area (Å²) in [5, 5.41) is 1.57. The van der Waals surface area contributed by atoms with Gasteiger partial charge in [0.25, 0.3) is 0 Å². The highest BCUT2D eigenvalue weighted by Gasteiger charge is 2.34. The van der Waals surface area contributed by atoms with Crippen molar-refractivity contribution in [3.8, 4) is 0 Å². The first-order valence-corrected chi connectivity index (χ1v) is 9.82. The van der Waals surface area contributed by atoms with Gasteiger partial charge in [-0.1, -0.05) is 64.1 Å². The molecule has 0 radical (unpaired) electrons. The van der Waals surface area contributed by atoms with E-state index < -0.39 is 10.0 Å². The normalized spacial score (nSPS) is 15.0. The minimum absolute atomic E-state index is 0.284. The number of allylic oxidation sites excluding steroid dienone is 1. The van der Waals surface area contributed by atoms with Gasteiger partial charge in [-0.25, -0.2) is 0 Å². The smallest absolute Gasteiger partial charge is 0.158 e. The summed E-state index contributed by atoms with van der Waals surface area (Å²) < 4.78 is 28.2. The molecular formula is C22H18NO2S+. The molecule has 0 aliphatic carbocycles. The molecule has 0 N–H and O–H groups in total. The number of benzene rings is 3. The number of hydrogen-bond acceptors (Lipinski definition) is 2. The van der Waals surface area contributed by atoms with E-state index in [0.717, 1.165) is 16.3 Å². The maximum absolute atomic E-state index is 13.4. The lowest BCUT2D eigenvalue weighted by Crippen LogP contribution is -2.37.